The highest BCUT2D eigenvalue weighted by atomic mass is 16.5. The molecule has 1 aromatic carbocycles. The topological polar surface area (TPSA) is 100 Å². The molecular weight excluding hydrogens is 322 g/mol. The van der Waals surface area contributed by atoms with Crippen molar-refractivity contribution in [2.75, 3.05) is 6.61 Å². The fraction of sp³-hybridized carbons (Fsp3) is 0.389. The minimum atomic E-state index is -0.842. The van der Waals surface area contributed by atoms with Gasteiger partial charge in [0.15, 0.2) is 6.61 Å². The van der Waals surface area contributed by atoms with E-state index >= 15 is 0 Å². The number of hydrogen-bond acceptors (Lipinski definition) is 4. The van der Waals surface area contributed by atoms with Crippen LogP contribution in [-0.4, -0.2) is 41.5 Å². The quantitative estimate of drug-likeness (QED) is 0.654. The molecule has 2 amide bonds. The largest absolute Gasteiger partial charge is 0.454 e. The first-order chi connectivity index (χ1) is 12.0. The van der Waals surface area contributed by atoms with Gasteiger partial charge in [-0.05, 0) is 24.5 Å². The molecule has 7 heteroatoms. The molecule has 7 nitrogen and oxygen atoms in total. The molecule has 3 N–H and O–H groups in total. The predicted molar refractivity (Wildman–Crippen MR) is 91.7 cm³/mol. The monoisotopic (exact) mass is 343 g/mol. The lowest BCUT2D eigenvalue weighted by Gasteiger charge is -2.16. The lowest BCUT2D eigenvalue weighted by atomic mass is 10.0. The van der Waals surface area contributed by atoms with E-state index in [1.807, 2.05) is 30.5 Å². The van der Waals surface area contributed by atoms with Crippen LogP contribution in [0.5, 0.6) is 0 Å². The van der Waals surface area contributed by atoms with Crippen LogP contribution in [0.2, 0.25) is 0 Å². The number of nitrogens with one attached hydrogen (secondary N) is 3. The Morgan fingerprint density at radius 2 is 2.04 bits per heavy atom. The zero-order valence-electron chi connectivity index (χ0n) is 14.0. The zero-order chi connectivity index (χ0) is 17.8. The molecule has 2 aromatic rings. The van der Waals surface area contributed by atoms with Crippen LogP contribution in [0.15, 0.2) is 30.5 Å². The lowest BCUT2D eigenvalue weighted by Crippen LogP contribution is -2.43. The number of rotatable bonds is 7. The van der Waals surface area contributed by atoms with E-state index in [4.69, 9.17) is 4.74 Å². The van der Waals surface area contributed by atoms with Crippen LogP contribution in [-0.2, 0) is 25.5 Å². The molecule has 0 spiro atoms. The van der Waals surface area contributed by atoms with Gasteiger partial charge in [0.05, 0.1) is 0 Å². The number of ether oxygens (including phenoxy) is 1. The average Bonchev–Trinajstić information content (AvgIpc) is 3.30. The minimum absolute atomic E-state index is 0.212. The van der Waals surface area contributed by atoms with Crippen molar-refractivity contribution in [3.8, 4) is 0 Å². The molecule has 1 heterocycles. The van der Waals surface area contributed by atoms with Gasteiger partial charge in [0.1, 0.15) is 6.04 Å². The molecule has 0 aliphatic heterocycles. The van der Waals surface area contributed by atoms with E-state index in [-0.39, 0.29) is 30.9 Å². The van der Waals surface area contributed by atoms with Crippen molar-refractivity contribution in [1.82, 2.24) is 15.6 Å². The molecule has 1 aliphatic carbocycles. The van der Waals surface area contributed by atoms with Gasteiger partial charge in [0.2, 0.25) is 5.91 Å². The van der Waals surface area contributed by atoms with Crippen molar-refractivity contribution in [3.63, 3.8) is 0 Å². The maximum atomic E-state index is 12.3. The predicted octanol–water partition coefficient (Wildman–Crippen LogP) is 1.04. The molecule has 1 aliphatic rings. The van der Waals surface area contributed by atoms with Gasteiger partial charge < -0.3 is 20.4 Å². The number of carbonyl (C=O) groups is 3. The first-order valence-corrected chi connectivity index (χ1v) is 8.31. The minimum Gasteiger partial charge on any atom is -0.454 e. The summed E-state index contributed by atoms with van der Waals surface area (Å²) in [6, 6.07) is 7.08. The van der Waals surface area contributed by atoms with Crippen LogP contribution in [0.3, 0.4) is 0 Å². The number of hydrogen-bond donors (Lipinski definition) is 3. The number of aromatic amines is 1. The van der Waals surface area contributed by atoms with Crippen LogP contribution < -0.4 is 10.6 Å². The molecule has 0 unspecified atom stereocenters. The Hall–Kier alpha value is -2.83. The number of aromatic nitrogens is 1. The molecule has 1 fully saturated rings. The number of esters is 1. The Bertz CT molecular complexity index is 794. The number of H-pyrrole nitrogens is 1. The summed E-state index contributed by atoms with van der Waals surface area (Å²) < 4.78 is 5.08. The SMILES string of the molecule is CC(=O)N[C@@H](Cc1c[nH]c2ccccc12)C(=O)OCC(=O)NC1CC1. The maximum Gasteiger partial charge on any atom is 0.329 e. The summed E-state index contributed by atoms with van der Waals surface area (Å²) in [7, 11) is 0. The second-order valence-electron chi connectivity index (χ2n) is 6.27. The standard InChI is InChI=1S/C18H21N3O4/c1-11(22)20-16(18(24)25-10-17(23)21-13-6-7-13)8-12-9-19-15-5-3-2-4-14(12)15/h2-5,9,13,16,19H,6-8,10H2,1H3,(H,20,22)(H,21,23)/t16-/m0/s1. The third kappa shape index (κ3) is 4.59. The zero-order valence-corrected chi connectivity index (χ0v) is 14.0. The van der Waals surface area contributed by atoms with Crippen molar-refractivity contribution in [1.29, 1.82) is 0 Å². The van der Waals surface area contributed by atoms with Crippen LogP contribution >= 0.6 is 0 Å². The number of benzene rings is 1. The highest BCUT2D eigenvalue weighted by Gasteiger charge is 2.26. The molecule has 0 bridgehead atoms. The van der Waals surface area contributed by atoms with Crippen molar-refractivity contribution >= 4 is 28.7 Å². The average molecular weight is 343 g/mol. The fourth-order valence-corrected chi connectivity index (χ4v) is 2.69. The summed E-state index contributed by atoms with van der Waals surface area (Å²) in [4.78, 5) is 38.5. The van der Waals surface area contributed by atoms with E-state index in [1.165, 1.54) is 6.92 Å². The number of amides is 2. The van der Waals surface area contributed by atoms with Gasteiger partial charge in [0, 0.05) is 36.5 Å². The third-order valence-electron chi connectivity index (χ3n) is 4.05. The van der Waals surface area contributed by atoms with E-state index in [0.29, 0.717) is 0 Å². The van der Waals surface area contributed by atoms with Gasteiger partial charge in [-0.1, -0.05) is 18.2 Å². The molecule has 132 valence electrons. The lowest BCUT2D eigenvalue weighted by molar-refractivity contribution is -0.151. The second-order valence-corrected chi connectivity index (χ2v) is 6.27. The molecular formula is C18H21N3O4. The molecule has 25 heavy (non-hydrogen) atoms. The second kappa shape index (κ2) is 7.38. The Kier molecular flexibility index (Phi) is 5.02. The smallest absolute Gasteiger partial charge is 0.329 e. The summed E-state index contributed by atoms with van der Waals surface area (Å²) in [6.45, 7) is 1.01. The van der Waals surface area contributed by atoms with Crippen molar-refractivity contribution in [3.05, 3.63) is 36.0 Å². The Balaban J connectivity index is 1.64. The Morgan fingerprint density at radius 3 is 2.76 bits per heavy atom. The van der Waals surface area contributed by atoms with Gasteiger partial charge in [-0.3, -0.25) is 9.59 Å². The molecule has 1 aromatic heterocycles. The van der Waals surface area contributed by atoms with E-state index < -0.39 is 12.0 Å². The van der Waals surface area contributed by atoms with Gasteiger partial charge >= 0.3 is 5.97 Å². The summed E-state index contributed by atoms with van der Waals surface area (Å²) in [6.07, 6.45) is 4.03. The van der Waals surface area contributed by atoms with E-state index in [1.54, 1.807) is 0 Å². The molecule has 1 atom stereocenters. The molecule has 0 saturated heterocycles. The highest BCUT2D eigenvalue weighted by Crippen LogP contribution is 2.20. The maximum absolute atomic E-state index is 12.3. The first kappa shape index (κ1) is 17.0. The highest BCUT2D eigenvalue weighted by molar-refractivity contribution is 5.88. The summed E-state index contributed by atoms with van der Waals surface area (Å²) in [5.41, 5.74) is 1.85. The van der Waals surface area contributed by atoms with Crippen LogP contribution in [0.1, 0.15) is 25.3 Å². The fourth-order valence-electron chi connectivity index (χ4n) is 2.69. The molecule has 0 radical (unpaired) electrons. The molecule has 3 rings (SSSR count). The van der Waals surface area contributed by atoms with Crippen LogP contribution in [0.25, 0.3) is 10.9 Å². The van der Waals surface area contributed by atoms with Gasteiger partial charge in [-0.15, -0.1) is 0 Å². The Labute approximate surface area is 145 Å². The van der Waals surface area contributed by atoms with Crippen LogP contribution in [0, 0.1) is 0 Å². The van der Waals surface area contributed by atoms with Gasteiger partial charge in [-0.25, -0.2) is 4.79 Å². The first-order valence-electron chi connectivity index (χ1n) is 8.31. The van der Waals surface area contributed by atoms with E-state index in [9.17, 15) is 14.4 Å². The summed E-state index contributed by atoms with van der Waals surface area (Å²) in [5, 5.41) is 6.33. The van der Waals surface area contributed by atoms with Crippen molar-refractivity contribution in [2.45, 2.75) is 38.3 Å². The normalized spacial score (nSPS) is 14.8. The molecule has 1 saturated carbocycles. The van der Waals surface area contributed by atoms with Crippen molar-refractivity contribution < 1.29 is 19.1 Å². The summed E-state index contributed by atoms with van der Waals surface area (Å²) >= 11 is 0. The Morgan fingerprint density at radius 1 is 1.28 bits per heavy atom. The van der Waals surface area contributed by atoms with Gasteiger partial charge in [-0.2, -0.15) is 0 Å². The number of para-hydroxylation sites is 1. The number of carbonyl (C=O) groups excluding carboxylic acids is 3. The number of fused-ring (bicyclic) bond motifs is 1. The van der Waals surface area contributed by atoms with E-state index in [0.717, 1.165) is 29.3 Å². The summed E-state index contributed by atoms with van der Waals surface area (Å²) in [5.74, 6) is -1.26. The van der Waals surface area contributed by atoms with E-state index in [2.05, 4.69) is 15.6 Å². The third-order valence-corrected chi connectivity index (χ3v) is 4.05. The van der Waals surface area contributed by atoms with Gasteiger partial charge in [0.25, 0.3) is 5.91 Å². The van der Waals surface area contributed by atoms with Crippen LogP contribution in [0.4, 0.5) is 0 Å². The van der Waals surface area contributed by atoms with Crippen molar-refractivity contribution in [2.24, 2.45) is 0 Å².